The van der Waals surface area contributed by atoms with Crippen LogP contribution in [0.5, 0.6) is 11.5 Å². The van der Waals surface area contributed by atoms with E-state index in [1.807, 2.05) is 92.7 Å². The predicted molar refractivity (Wildman–Crippen MR) is 227 cm³/mol. The number of carbonyl (C=O) groups is 3. The summed E-state index contributed by atoms with van der Waals surface area (Å²) < 4.78 is 5.02. The first-order valence-corrected chi connectivity index (χ1v) is 19.8. The molecule has 6 N–H and O–H groups in total. The van der Waals surface area contributed by atoms with E-state index in [2.05, 4.69) is 38.3 Å². The average molecular weight is 771 g/mol. The molecule has 10 nitrogen and oxygen atoms in total. The number of amides is 1. The number of methoxy groups -OCH3 is 1. The van der Waals surface area contributed by atoms with E-state index in [0.29, 0.717) is 25.1 Å². The minimum absolute atomic E-state index is 0.0272. The number of phenolic OH excluding ortho intramolecular Hbond substituents is 1. The summed E-state index contributed by atoms with van der Waals surface area (Å²) in [6.45, 7) is 14.1. The highest BCUT2D eigenvalue weighted by atomic mass is 16.5. The number of hydrogen-bond acceptors (Lipinski definition) is 7. The van der Waals surface area contributed by atoms with E-state index in [9.17, 15) is 14.7 Å². The molecule has 10 heteroatoms. The quantitative estimate of drug-likeness (QED) is 0.0691. The van der Waals surface area contributed by atoms with Gasteiger partial charge in [0.2, 0.25) is 5.91 Å². The largest absolute Gasteiger partial charge is 0.504 e. The lowest BCUT2D eigenvalue weighted by Gasteiger charge is -2.20. The molecule has 1 amide bonds. The second-order valence-electron chi connectivity index (χ2n) is 12.9. The summed E-state index contributed by atoms with van der Waals surface area (Å²) in [5.74, 6) is -1.60. The van der Waals surface area contributed by atoms with Crippen LogP contribution in [0.4, 0.5) is 0 Å². The van der Waals surface area contributed by atoms with E-state index in [0.717, 1.165) is 57.4 Å². The third kappa shape index (κ3) is 40.6. The maximum atomic E-state index is 12.4. The summed E-state index contributed by atoms with van der Waals surface area (Å²) >= 11 is 0. The predicted octanol–water partition coefficient (Wildman–Crippen LogP) is 9.68. The number of hydrogen-bond donors (Lipinski definition) is 6. The van der Waals surface area contributed by atoms with Crippen LogP contribution in [0.15, 0.2) is 91.0 Å². The van der Waals surface area contributed by atoms with E-state index in [-0.39, 0.29) is 30.2 Å². The highest BCUT2D eigenvalue weighted by Gasteiger charge is 2.22. The van der Waals surface area contributed by atoms with Crippen molar-refractivity contribution in [3.05, 3.63) is 96.6 Å². The second-order valence-corrected chi connectivity index (χ2v) is 12.9. The first kappa shape index (κ1) is 54.9. The number of carbonyl (C=O) groups excluding carboxylic acids is 1. The van der Waals surface area contributed by atoms with Crippen LogP contribution in [-0.2, 0) is 20.8 Å². The monoisotopic (exact) mass is 771 g/mol. The van der Waals surface area contributed by atoms with Crippen molar-refractivity contribution in [1.29, 1.82) is 0 Å². The van der Waals surface area contributed by atoms with Gasteiger partial charge in [0, 0.05) is 13.0 Å². The van der Waals surface area contributed by atoms with Crippen molar-refractivity contribution in [2.24, 2.45) is 0 Å². The molecule has 3 rings (SSSR count). The number of ether oxygens (including phenoxy) is 1. The zero-order chi connectivity index (χ0) is 42.1. The van der Waals surface area contributed by atoms with E-state index in [4.69, 9.17) is 24.9 Å². The fraction of sp³-hybridized carbons (Fsp3) is 0.533. The number of aliphatic hydroxyl groups excluding tert-OH is 1. The van der Waals surface area contributed by atoms with E-state index >= 15 is 0 Å². The van der Waals surface area contributed by atoms with Crippen molar-refractivity contribution < 1.29 is 39.5 Å². The Morgan fingerprint density at radius 1 is 0.745 bits per heavy atom. The topological polar surface area (TPSA) is 165 Å². The molecule has 0 aliphatic rings. The molecule has 3 aromatic carbocycles. The van der Waals surface area contributed by atoms with Crippen LogP contribution in [0.3, 0.4) is 0 Å². The molecule has 0 aromatic heterocycles. The van der Waals surface area contributed by atoms with Crippen LogP contribution >= 0.6 is 0 Å². The molecule has 0 aliphatic heterocycles. The molecule has 3 atom stereocenters. The van der Waals surface area contributed by atoms with Gasteiger partial charge in [0.15, 0.2) is 11.5 Å². The summed E-state index contributed by atoms with van der Waals surface area (Å²) in [4.78, 5) is 32.5. The SMILES string of the molecule is CC(=O)O.CCC.CCCCC(O)CC.CCCCC[C@H](C)NC(=O)C(CC(=O)O)NCCCc1ccc(OC)c(O)c1.c1ccccc1.c1ccccc1. The van der Waals surface area contributed by atoms with Crippen molar-refractivity contribution in [3.63, 3.8) is 0 Å². The smallest absolute Gasteiger partial charge is 0.305 e. The first-order chi connectivity index (χ1) is 26.3. The lowest BCUT2D eigenvalue weighted by Crippen LogP contribution is -2.48. The molecule has 3 aromatic rings. The molecule has 0 spiro atoms. The number of rotatable bonds is 18. The lowest BCUT2D eigenvalue weighted by atomic mass is 10.1. The van der Waals surface area contributed by atoms with Crippen molar-refractivity contribution in [3.8, 4) is 11.5 Å². The Bertz CT molecular complexity index is 1190. The molecule has 0 saturated heterocycles. The minimum atomic E-state index is -1.01. The molecule has 0 fully saturated rings. The first-order valence-electron chi connectivity index (χ1n) is 19.8. The summed E-state index contributed by atoms with van der Waals surface area (Å²) in [5, 5.41) is 41.3. The highest BCUT2D eigenvalue weighted by Crippen LogP contribution is 2.26. The van der Waals surface area contributed by atoms with Gasteiger partial charge in [-0.3, -0.25) is 14.4 Å². The Hall–Kier alpha value is -4.41. The Balaban J connectivity index is -0.000000795. The van der Waals surface area contributed by atoms with Gasteiger partial charge in [-0.1, -0.05) is 152 Å². The van der Waals surface area contributed by atoms with Crippen LogP contribution < -0.4 is 15.4 Å². The second kappa shape index (κ2) is 40.8. The number of aromatic hydroxyl groups is 1. The fourth-order valence-electron chi connectivity index (χ4n) is 4.42. The summed E-state index contributed by atoms with van der Waals surface area (Å²) in [5.41, 5.74) is 0.948. The van der Waals surface area contributed by atoms with Crippen LogP contribution in [0.25, 0.3) is 0 Å². The summed E-state index contributed by atoms with van der Waals surface area (Å²) in [6.07, 6.45) is 10.8. The Morgan fingerprint density at radius 3 is 1.60 bits per heavy atom. The van der Waals surface area contributed by atoms with Crippen molar-refractivity contribution in [2.45, 2.75) is 144 Å². The number of carboxylic acid groups (broad SMARTS) is 2. The van der Waals surface area contributed by atoms with Gasteiger partial charge in [0.25, 0.3) is 5.97 Å². The normalized spacial score (nSPS) is 11.1. The molecular weight excluding hydrogens is 697 g/mol. The Morgan fingerprint density at radius 2 is 1.22 bits per heavy atom. The van der Waals surface area contributed by atoms with E-state index < -0.39 is 18.0 Å². The van der Waals surface area contributed by atoms with Gasteiger partial charge in [0.05, 0.1) is 25.7 Å². The van der Waals surface area contributed by atoms with Gasteiger partial charge in [0.1, 0.15) is 0 Å². The third-order valence-electron chi connectivity index (χ3n) is 7.30. The number of unbranched alkanes of at least 4 members (excludes halogenated alkanes) is 3. The van der Waals surface area contributed by atoms with Gasteiger partial charge < -0.3 is 35.8 Å². The van der Waals surface area contributed by atoms with Gasteiger partial charge in [-0.25, -0.2) is 0 Å². The zero-order valence-corrected chi connectivity index (χ0v) is 35.0. The fourth-order valence-corrected chi connectivity index (χ4v) is 4.42. The molecule has 0 bridgehead atoms. The molecule has 2 unspecified atom stereocenters. The maximum absolute atomic E-state index is 12.4. The third-order valence-corrected chi connectivity index (χ3v) is 7.30. The molecule has 0 heterocycles. The van der Waals surface area contributed by atoms with Gasteiger partial charge in [-0.2, -0.15) is 0 Å². The lowest BCUT2D eigenvalue weighted by molar-refractivity contribution is -0.140. The zero-order valence-electron chi connectivity index (χ0n) is 35.0. The number of aliphatic carboxylic acids is 2. The van der Waals surface area contributed by atoms with Crippen molar-refractivity contribution in [1.82, 2.24) is 10.6 Å². The molecular formula is C45H74N2O8. The van der Waals surface area contributed by atoms with Crippen LogP contribution in [0.2, 0.25) is 0 Å². The van der Waals surface area contributed by atoms with Gasteiger partial charge in [-0.15, -0.1) is 0 Å². The van der Waals surface area contributed by atoms with Crippen LogP contribution in [0.1, 0.15) is 125 Å². The average Bonchev–Trinajstić information content (AvgIpc) is 3.17. The van der Waals surface area contributed by atoms with Crippen LogP contribution in [0, 0.1) is 0 Å². The maximum Gasteiger partial charge on any atom is 0.305 e. The van der Waals surface area contributed by atoms with Crippen LogP contribution in [-0.4, -0.2) is 70.1 Å². The van der Waals surface area contributed by atoms with E-state index in [1.54, 1.807) is 12.1 Å². The Kier molecular flexibility index (Phi) is 40.7. The van der Waals surface area contributed by atoms with Crippen molar-refractivity contribution >= 4 is 17.8 Å². The minimum Gasteiger partial charge on any atom is -0.504 e. The Labute approximate surface area is 332 Å². The molecule has 312 valence electrons. The molecule has 55 heavy (non-hydrogen) atoms. The number of aryl methyl sites for hydroxylation is 1. The number of phenols is 1. The number of nitrogens with one attached hydrogen (secondary N) is 2. The molecule has 0 aliphatic carbocycles. The van der Waals surface area contributed by atoms with Gasteiger partial charge >= 0.3 is 5.97 Å². The standard InChI is InChI=1S/C21H34N2O5.C7H16O.2C6H6.C3H8.C2H4O2/c1-4-5-6-8-15(2)23-21(27)17(14-20(25)26)22-12-7-9-16-10-11-19(28-3)18(24)13-16;1-3-5-6-7(8)4-2;2*1-2-4-6-5-3-1;1-3-2;1-2(3)4/h10-11,13,15,17,22,24H,4-9,12,14H2,1-3H3,(H,23,27)(H,25,26);7-8H,3-6H2,1-2H3;2*1-6H;3H2,1-2H3;1H3,(H,3,4)/t15-,17?;;;;;/m0...../s1. The number of aliphatic hydroxyl groups is 1. The number of benzene rings is 3. The van der Waals surface area contributed by atoms with Gasteiger partial charge in [-0.05, 0) is 63.3 Å². The summed E-state index contributed by atoms with van der Waals surface area (Å²) in [7, 11) is 1.50. The van der Waals surface area contributed by atoms with E-state index in [1.165, 1.54) is 20.0 Å². The molecule has 0 saturated carbocycles. The van der Waals surface area contributed by atoms with Crippen molar-refractivity contribution in [2.75, 3.05) is 13.7 Å². The molecule has 0 radical (unpaired) electrons. The highest BCUT2D eigenvalue weighted by molar-refractivity contribution is 5.86. The number of carboxylic acids is 2. The summed E-state index contributed by atoms with van der Waals surface area (Å²) in [6, 6.07) is 28.5.